The van der Waals surface area contributed by atoms with Gasteiger partial charge in [-0.2, -0.15) is 0 Å². The predicted molar refractivity (Wildman–Crippen MR) is 124 cm³/mol. The van der Waals surface area contributed by atoms with Gasteiger partial charge in [0.05, 0.1) is 0 Å². The maximum Gasteiger partial charge on any atom is 0.0470 e. The van der Waals surface area contributed by atoms with Crippen LogP contribution in [0.1, 0.15) is 42.9 Å². The fourth-order valence-corrected chi connectivity index (χ4v) is 7.44. The molecule has 0 bridgehead atoms. The Bertz CT molecular complexity index is 886. The van der Waals surface area contributed by atoms with Crippen LogP contribution in [0.2, 0.25) is 0 Å². The zero-order chi connectivity index (χ0) is 20.1. The molecule has 3 saturated heterocycles. The molecule has 3 nitrogen and oxygen atoms in total. The van der Waals surface area contributed by atoms with Gasteiger partial charge < -0.3 is 9.80 Å². The predicted octanol–water partition coefficient (Wildman–Crippen LogP) is 4.60. The Labute approximate surface area is 181 Å². The van der Waals surface area contributed by atoms with E-state index in [1.54, 1.807) is 11.1 Å². The van der Waals surface area contributed by atoms with Crippen molar-refractivity contribution in [3.8, 4) is 0 Å². The lowest BCUT2D eigenvalue weighted by molar-refractivity contribution is 0.0857. The zero-order valence-electron chi connectivity index (χ0n) is 18.3. The first-order chi connectivity index (χ1) is 14.7. The molecule has 0 aromatic heterocycles. The third-order valence-corrected chi connectivity index (χ3v) is 8.78. The van der Waals surface area contributed by atoms with Crippen LogP contribution in [0.5, 0.6) is 0 Å². The minimum atomic E-state index is 0.349. The molecule has 0 radical (unpaired) electrons. The van der Waals surface area contributed by atoms with Gasteiger partial charge in [0.25, 0.3) is 0 Å². The second-order valence-corrected chi connectivity index (χ2v) is 10.3. The highest BCUT2D eigenvalue weighted by atomic mass is 15.3. The van der Waals surface area contributed by atoms with Crippen molar-refractivity contribution >= 4 is 5.69 Å². The first kappa shape index (κ1) is 18.9. The lowest BCUT2D eigenvalue weighted by Crippen LogP contribution is -2.57. The highest BCUT2D eigenvalue weighted by Crippen LogP contribution is 2.51. The smallest absolute Gasteiger partial charge is 0.0470 e. The van der Waals surface area contributed by atoms with Crippen molar-refractivity contribution in [2.75, 3.05) is 44.7 Å². The highest BCUT2D eigenvalue weighted by Gasteiger charge is 2.57. The summed E-state index contributed by atoms with van der Waals surface area (Å²) in [4.78, 5) is 8.25. The molecular formula is C27H35N3. The van der Waals surface area contributed by atoms with E-state index in [4.69, 9.17) is 0 Å². The average Bonchev–Trinajstić information content (AvgIpc) is 3.30. The quantitative estimate of drug-likeness (QED) is 0.728. The van der Waals surface area contributed by atoms with E-state index >= 15 is 0 Å². The van der Waals surface area contributed by atoms with Gasteiger partial charge in [0, 0.05) is 55.9 Å². The molecule has 3 heteroatoms. The molecular weight excluding hydrogens is 366 g/mol. The van der Waals surface area contributed by atoms with Crippen LogP contribution in [0.3, 0.4) is 0 Å². The van der Waals surface area contributed by atoms with Crippen LogP contribution in [0, 0.1) is 11.8 Å². The molecule has 0 unspecified atom stereocenters. The van der Waals surface area contributed by atoms with Crippen molar-refractivity contribution in [3.05, 3.63) is 65.7 Å². The molecule has 3 atom stereocenters. The van der Waals surface area contributed by atoms with Crippen molar-refractivity contribution in [2.24, 2.45) is 11.8 Å². The summed E-state index contributed by atoms with van der Waals surface area (Å²) in [5.41, 5.74) is 5.01. The molecule has 6 rings (SSSR count). The highest BCUT2D eigenvalue weighted by molar-refractivity contribution is 5.52. The fraction of sp³-hybridized carbons (Fsp3) is 0.556. The third kappa shape index (κ3) is 2.93. The van der Waals surface area contributed by atoms with Gasteiger partial charge in [-0.1, -0.05) is 42.5 Å². The Morgan fingerprint density at radius 2 is 1.63 bits per heavy atom. The molecule has 30 heavy (non-hydrogen) atoms. The SMILES string of the molecule is CN1C[C@H]2CN(c3ccccc3)C3(CCN([C@@H]4CCCc5ccccc54)CC3)[C@H]2C1. The molecule has 4 aliphatic rings. The number of nitrogens with zero attached hydrogens (tertiary/aromatic N) is 3. The van der Waals surface area contributed by atoms with E-state index in [2.05, 4.69) is 76.3 Å². The summed E-state index contributed by atoms with van der Waals surface area (Å²) >= 11 is 0. The van der Waals surface area contributed by atoms with E-state index < -0.39 is 0 Å². The standard InChI is InChI=1S/C27H35N3/c1-28-18-22-19-30(23-10-3-2-4-11-23)27(25(22)20-28)14-16-29(17-15-27)26-13-7-9-21-8-5-6-12-24(21)26/h2-6,8,10-12,22,25-26H,7,9,13-20H2,1H3/t22-,25-,26+/m0/s1. The van der Waals surface area contributed by atoms with Gasteiger partial charge in [0.1, 0.15) is 0 Å². The summed E-state index contributed by atoms with van der Waals surface area (Å²) in [6.45, 7) is 6.28. The summed E-state index contributed by atoms with van der Waals surface area (Å²) in [7, 11) is 2.33. The van der Waals surface area contributed by atoms with E-state index in [1.165, 1.54) is 70.5 Å². The molecule has 1 spiro atoms. The monoisotopic (exact) mass is 401 g/mol. The number of fused-ring (bicyclic) bond motifs is 3. The first-order valence-electron chi connectivity index (χ1n) is 12.1. The van der Waals surface area contributed by atoms with Crippen molar-refractivity contribution in [1.82, 2.24) is 9.80 Å². The number of aryl methyl sites for hydroxylation is 1. The fourth-order valence-electron chi connectivity index (χ4n) is 7.44. The normalized spacial score (nSPS) is 31.1. The van der Waals surface area contributed by atoms with Crippen molar-refractivity contribution in [3.63, 3.8) is 0 Å². The Kier molecular flexibility index (Phi) is 4.65. The molecule has 2 aromatic carbocycles. The molecule has 3 fully saturated rings. The van der Waals surface area contributed by atoms with Gasteiger partial charge in [-0.15, -0.1) is 0 Å². The second kappa shape index (κ2) is 7.39. The maximum absolute atomic E-state index is 2.83. The second-order valence-electron chi connectivity index (χ2n) is 10.3. The molecule has 0 N–H and O–H groups in total. The summed E-state index contributed by atoms with van der Waals surface area (Å²) in [6, 6.07) is 21.2. The van der Waals surface area contributed by atoms with Crippen molar-refractivity contribution < 1.29 is 0 Å². The Balaban J connectivity index is 1.28. The van der Waals surface area contributed by atoms with Gasteiger partial charge >= 0.3 is 0 Å². The van der Waals surface area contributed by atoms with E-state index in [-0.39, 0.29) is 0 Å². The molecule has 1 aliphatic carbocycles. The minimum Gasteiger partial charge on any atom is -0.365 e. The average molecular weight is 402 g/mol. The van der Waals surface area contributed by atoms with Crippen LogP contribution in [-0.4, -0.2) is 55.1 Å². The van der Waals surface area contributed by atoms with Gasteiger partial charge in [-0.25, -0.2) is 0 Å². The van der Waals surface area contributed by atoms with Crippen LogP contribution >= 0.6 is 0 Å². The lowest BCUT2D eigenvalue weighted by Gasteiger charge is -2.51. The number of anilines is 1. The van der Waals surface area contributed by atoms with Crippen LogP contribution in [0.4, 0.5) is 5.69 Å². The Morgan fingerprint density at radius 3 is 2.47 bits per heavy atom. The summed E-state index contributed by atoms with van der Waals surface area (Å²) in [5.74, 6) is 1.65. The van der Waals surface area contributed by atoms with Crippen molar-refractivity contribution in [1.29, 1.82) is 0 Å². The number of benzene rings is 2. The first-order valence-corrected chi connectivity index (χ1v) is 12.1. The zero-order valence-corrected chi connectivity index (χ0v) is 18.3. The summed E-state index contributed by atoms with van der Waals surface area (Å²) in [6.07, 6.45) is 6.57. The maximum atomic E-state index is 2.83. The van der Waals surface area contributed by atoms with Gasteiger partial charge in [0.2, 0.25) is 0 Å². The van der Waals surface area contributed by atoms with E-state index in [9.17, 15) is 0 Å². The number of rotatable bonds is 2. The number of likely N-dealkylation sites (tertiary alicyclic amines) is 2. The molecule has 3 aliphatic heterocycles. The van der Waals surface area contributed by atoms with Crippen LogP contribution in [0.15, 0.2) is 54.6 Å². The third-order valence-electron chi connectivity index (χ3n) is 8.78. The number of para-hydroxylation sites is 1. The van der Waals surface area contributed by atoms with E-state index in [1.807, 2.05) is 0 Å². The Morgan fingerprint density at radius 1 is 0.867 bits per heavy atom. The number of hydrogen-bond donors (Lipinski definition) is 0. The molecule has 0 saturated carbocycles. The summed E-state index contributed by atoms with van der Waals surface area (Å²) < 4.78 is 0. The van der Waals surface area contributed by atoms with Crippen LogP contribution < -0.4 is 4.90 Å². The largest absolute Gasteiger partial charge is 0.365 e. The van der Waals surface area contributed by atoms with Gasteiger partial charge in [0.15, 0.2) is 0 Å². The number of hydrogen-bond acceptors (Lipinski definition) is 3. The van der Waals surface area contributed by atoms with E-state index in [0.29, 0.717) is 11.6 Å². The van der Waals surface area contributed by atoms with Gasteiger partial charge in [-0.3, -0.25) is 4.90 Å². The number of piperidine rings is 1. The Hall–Kier alpha value is -1.84. The van der Waals surface area contributed by atoms with Crippen molar-refractivity contribution in [2.45, 2.75) is 43.7 Å². The molecule has 2 aromatic rings. The lowest BCUT2D eigenvalue weighted by atomic mass is 9.74. The van der Waals surface area contributed by atoms with Crippen LogP contribution in [-0.2, 0) is 6.42 Å². The minimum absolute atomic E-state index is 0.349. The van der Waals surface area contributed by atoms with E-state index in [0.717, 1.165) is 11.8 Å². The molecule has 158 valence electrons. The summed E-state index contributed by atoms with van der Waals surface area (Å²) in [5, 5.41) is 0. The topological polar surface area (TPSA) is 9.72 Å². The van der Waals surface area contributed by atoms with Crippen LogP contribution in [0.25, 0.3) is 0 Å². The molecule has 0 amide bonds. The van der Waals surface area contributed by atoms with Gasteiger partial charge in [-0.05, 0) is 68.3 Å². The molecule has 3 heterocycles.